The molecule has 0 bridgehead atoms. The minimum absolute atomic E-state index is 0.0217. The zero-order valence-corrected chi connectivity index (χ0v) is 12.6. The van der Waals surface area contributed by atoms with E-state index in [0.717, 1.165) is 17.3 Å². The van der Waals surface area contributed by atoms with Crippen LogP contribution < -0.4 is 5.32 Å². The van der Waals surface area contributed by atoms with Crippen molar-refractivity contribution in [2.45, 2.75) is 25.1 Å². The van der Waals surface area contributed by atoms with Crippen molar-refractivity contribution < 1.29 is 4.79 Å². The van der Waals surface area contributed by atoms with Crippen molar-refractivity contribution in [1.82, 2.24) is 5.32 Å². The van der Waals surface area contributed by atoms with Gasteiger partial charge in [0.2, 0.25) is 0 Å². The maximum absolute atomic E-state index is 11.8. The number of alkyl halides is 1. The van der Waals surface area contributed by atoms with Crippen molar-refractivity contribution in [3.05, 3.63) is 33.3 Å². The van der Waals surface area contributed by atoms with Crippen LogP contribution in [0.15, 0.2) is 22.7 Å². The molecule has 17 heavy (non-hydrogen) atoms. The highest BCUT2D eigenvalue weighted by molar-refractivity contribution is 9.10. The molecule has 0 saturated heterocycles. The maximum Gasteiger partial charge on any atom is 0.251 e. The average Bonchev–Trinajstić information content (AvgIpc) is 2.25. The van der Waals surface area contributed by atoms with Crippen LogP contribution in [0.25, 0.3) is 0 Å². The van der Waals surface area contributed by atoms with E-state index in [0.29, 0.717) is 17.1 Å². The van der Waals surface area contributed by atoms with Gasteiger partial charge < -0.3 is 5.32 Å². The van der Waals surface area contributed by atoms with Crippen molar-refractivity contribution in [1.29, 1.82) is 0 Å². The summed E-state index contributed by atoms with van der Waals surface area (Å²) in [6.07, 6.45) is 1.90. The molecule has 5 heteroatoms. The predicted octanol–water partition coefficient (Wildman–Crippen LogP) is 4.24. The second-order valence-electron chi connectivity index (χ2n) is 3.75. The van der Waals surface area contributed by atoms with Gasteiger partial charge in [-0.05, 0) is 24.6 Å². The fraction of sp³-hybridized carbons (Fsp3) is 0.417. The molecule has 2 nitrogen and oxygen atoms in total. The summed E-state index contributed by atoms with van der Waals surface area (Å²) in [5.41, 5.74) is 0.532. The fourth-order valence-electron chi connectivity index (χ4n) is 1.41. The zero-order chi connectivity index (χ0) is 12.8. The van der Waals surface area contributed by atoms with E-state index >= 15 is 0 Å². The first-order valence-electron chi connectivity index (χ1n) is 5.41. The normalized spacial score (nSPS) is 12.2. The monoisotopic (exact) mass is 337 g/mol. The second-order valence-corrected chi connectivity index (χ2v) is 5.72. The van der Waals surface area contributed by atoms with Crippen molar-refractivity contribution in [2.75, 3.05) is 6.54 Å². The third-order valence-electron chi connectivity index (χ3n) is 2.21. The summed E-state index contributed by atoms with van der Waals surface area (Å²) in [5, 5.41) is 3.29. The summed E-state index contributed by atoms with van der Waals surface area (Å²) in [6.45, 7) is 2.53. The molecule has 0 radical (unpaired) electrons. The van der Waals surface area contributed by atoms with Gasteiger partial charge in [0.1, 0.15) is 0 Å². The number of carbonyl (C=O) groups excluding carboxylic acids is 1. The van der Waals surface area contributed by atoms with E-state index in [1.54, 1.807) is 18.2 Å². The molecular weight excluding hydrogens is 325 g/mol. The van der Waals surface area contributed by atoms with Gasteiger partial charge >= 0.3 is 0 Å². The minimum atomic E-state index is -0.157. The number of halogens is 3. The summed E-state index contributed by atoms with van der Waals surface area (Å²) in [7, 11) is 0. The largest absolute Gasteiger partial charge is 0.351 e. The molecule has 1 amide bonds. The van der Waals surface area contributed by atoms with Crippen LogP contribution >= 0.6 is 39.1 Å². The van der Waals surface area contributed by atoms with Crippen molar-refractivity contribution in [3.63, 3.8) is 0 Å². The number of hydrogen-bond donors (Lipinski definition) is 1. The molecule has 1 aromatic rings. The van der Waals surface area contributed by atoms with Gasteiger partial charge in [0, 0.05) is 21.6 Å². The van der Waals surface area contributed by atoms with Gasteiger partial charge in [-0.1, -0.05) is 40.9 Å². The highest BCUT2D eigenvalue weighted by Gasteiger charge is 2.09. The molecule has 94 valence electrons. The number of amides is 1. The Morgan fingerprint density at radius 1 is 1.47 bits per heavy atom. The molecule has 0 heterocycles. The molecule has 1 N–H and O–H groups in total. The van der Waals surface area contributed by atoms with Crippen molar-refractivity contribution in [2.24, 2.45) is 0 Å². The smallest absolute Gasteiger partial charge is 0.251 e. The van der Waals surface area contributed by atoms with E-state index < -0.39 is 0 Å². The first-order valence-corrected chi connectivity index (χ1v) is 7.02. The van der Waals surface area contributed by atoms with Crippen molar-refractivity contribution in [3.8, 4) is 0 Å². The number of nitrogens with one attached hydrogen (secondary N) is 1. The number of hydrogen-bond acceptors (Lipinski definition) is 1. The Kier molecular flexibility index (Phi) is 6.31. The molecule has 1 rings (SSSR count). The zero-order valence-electron chi connectivity index (χ0n) is 9.47. The lowest BCUT2D eigenvalue weighted by atomic mass is 10.2. The Bertz CT molecular complexity index is 378. The standard InChI is InChI=1S/C12H14BrCl2NO/c1-2-3-10(14)7-16-12(17)8-4-9(13)6-11(15)5-8/h4-6,10H,2-3,7H2,1H3,(H,16,17). The highest BCUT2D eigenvalue weighted by Crippen LogP contribution is 2.19. The lowest BCUT2D eigenvalue weighted by Crippen LogP contribution is -2.29. The van der Waals surface area contributed by atoms with E-state index in [2.05, 4.69) is 28.2 Å². The average molecular weight is 339 g/mol. The quantitative estimate of drug-likeness (QED) is 0.799. The Balaban J connectivity index is 2.58. The molecule has 0 aromatic heterocycles. The van der Waals surface area contributed by atoms with Gasteiger partial charge in [0.15, 0.2) is 0 Å². The first kappa shape index (κ1) is 14.8. The maximum atomic E-state index is 11.8. The van der Waals surface area contributed by atoms with E-state index in [1.807, 2.05) is 0 Å². The van der Waals surface area contributed by atoms with Crippen LogP contribution in [0.4, 0.5) is 0 Å². The van der Waals surface area contributed by atoms with Crippen LogP contribution in [0.3, 0.4) is 0 Å². The third kappa shape index (κ3) is 5.28. The molecule has 1 unspecified atom stereocenters. The van der Waals surface area contributed by atoms with Crippen molar-refractivity contribution >= 4 is 45.0 Å². The van der Waals surface area contributed by atoms with Crippen LogP contribution in [-0.4, -0.2) is 17.8 Å². The Hall–Kier alpha value is -0.250. The Morgan fingerprint density at radius 2 is 2.18 bits per heavy atom. The van der Waals surface area contributed by atoms with E-state index in [4.69, 9.17) is 23.2 Å². The molecule has 0 aliphatic rings. The fourth-order valence-corrected chi connectivity index (χ4v) is 2.56. The number of rotatable bonds is 5. The molecule has 0 aliphatic heterocycles. The van der Waals surface area contributed by atoms with Gasteiger partial charge in [-0.3, -0.25) is 4.79 Å². The first-order chi connectivity index (χ1) is 8.02. The summed E-state index contributed by atoms with van der Waals surface area (Å²) >= 11 is 15.2. The van der Waals surface area contributed by atoms with Crippen LogP contribution in [0.2, 0.25) is 5.02 Å². The van der Waals surface area contributed by atoms with Gasteiger partial charge in [-0.25, -0.2) is 0 Å². The van der Waals surface area contributed by atoms with Crippen LogP contribution in [0.5, 0.6) is 0 Å². The van der Waals surface area contributed by atoms with Gasteiger partial charge in [-0.15, -0.1) is 11.6 Å². The van der Waals surface area contributed by atoms with Crippen LogP contribution in [0.1, 0.15) is 30.1 Å². The molecule has 0 spiro atoms. The molecule has 0 aliphatic carbocycles. The molecule has 1 aromatic carbocycles. The van der Waals surface area contributed by atoms with E-state index in [-0.39, 0.29) is 11.3 Å². The number of carbonyl (C=O) groups is 1. The SMILES string of the molecule is CCCC(Cl)CNC(=O)c1cc(Cl)cc(Br)c1. The summed E-state index contributed by atoms with van der Waals surface area (Å²) in [5.74, 6) is -0.157. The lowest BCUT2D eigenvalue weighted by molar-refractivity contribution is 0.0953. The molecular formula is C12H14BrCl2NO. The minimum Gasteiger partial charge on any atom is -0.351 e. The van der Waals surface area contributed by atoms with Gasteiger partial charge in [0.25, 0.3) is 5.91 Å². The van der Waals surface area contributed by atoms with E-state index in [9.17, 15) is 4.79 Å². The third-order valence-corrected chi connectivity index (χ3v) is 3.26. The Morgan fingerprint density at radius 3 is 2.76 bits per heavy atom. The van der Waals surface area contributed by atoms with Crippen LogP contribution in [0, 0.1) is 0 Å². The number of benzene rings is 1. The topological polar surface area (TPSA) is 29.1 Å². The summed E-state index contributed by atoms with van der Waals surface area (Å²) in [4.78, 5) is 11.8. The van der Waals surface area contributed by atoms with Crippen LogP contribution in [-0.2, 0) is 0 Å². The summed E-state index contributed by atoms with van der Waals surface area (Å²) in [6, 6.07) is 5.09. The molecule has 0 fully saturated rings. The van der Waals surface area contributed by atoms with E-state index in [1.165, 1.54) is 0 Å². The molecule has 0 saturated carbocycles. The highest BCUT2D eigenvalue weighted by atomic mass is 79.9. The lowest BCUT2D eigenvalue weighted by Gasteiger charge is -2.10. The second kappa shape index (κ2) is 7.24. The summed E-state index contributed by atoms with van der Waals surface area (Å²) < 4.78 is 0.783. The van der Waals surface area contributed by atoms with Gasteiger partial charge in [-0.2, -0.15) is 0 Å². The molecule has 1 atom stereocenters. The predicted molar refractivity (Wildman–Crippen MR) is 76.0 cm³/mol. The van der Waals surface area contributed by atoms with Gasteiger partial charge in [0.05, 0.1) is 5.38 Å². The Labute approximate surface area is 120 Å².